The maximum atomic E-state index is 13.5. The molecule has 2 aromatic heterocycles. The van der Waals surface area contributed by atoms with Gasteiger partial charge < -0.3 is 9.73 Å². The standard InChI is InChI=1S/C20H18F3N3O2/c1-11(2)24-19(27)12-3-5-13(6-4-12)26-17-14-9-10-28-16(14)8-7-15(17)18(25-26)20(21,22)23/h3-6,9-11H,7-8H2,1-2H3,(H,24,27). The highest BCUT2D eigenvalue weighted by molar-refractivity contribution is 5.94. The highest BCUT2D eigenvalue weighted by Crippen LogP contribution is 2.42. The number of alkyl halides is 3. The van der Waals surface area contributed by atoms with Crippen molar-refractivity contribution in [2.45, 2.75) is 38.9 Å². The van der Waals surface area contributed by atoms with Gasteiger partial charge in [0.1, 0.15) is 5.76 Å². The fourth-order valence-corrected chi connectivity index (χ4v) is 3.46. The van der Waals surface area contributed by atoms with E-state index in [9.17, 15) is 18.0 Å². The van der Waals surface area contributed by atoms with Crippen LogP contribution in [-0.2, 0) is 19.0 Å². The molecule has 3 aromatic rings. The lowest BCUT2D eigenvalue weighted by molar-refractivity contribution is -0.142. The molecule has 28 heavy (non-hydrogen) atoms. The number of furan rings is 1. The van der Waals surface area contributed by atoms with Gasteiger partial charge in [0.25, 0.3) is 5.91 Å². The van der Waals surface area contributed by atoms with Gasteiger partial charge in [-0.3, -0.25) is 4.79 Å². The highest BCUT2D eigenvalue weighted by Gasteiger charge is 2.41. The van der Waals surface area contributed by atoms with Gasteiger partial charge in [0.2, 0.25) is 0 Å². The average Bonchev–Trinajstić information content (AvgIpc) is 3.24. The molecule has 8 heteroatoms. The summed E-state index contributed by atoms with van der Waals surface area (Å²) < 4.78 is 47.3. The monoisotopic (exact) mass is 389 g/mol. The molecule has 146 valence electrons. The molecule has 1 aliphatic rings. The van der Waals surface area contributed by atoms with E-state index >= 15 is 0 Å². The van der Waals surface area contributed by atoms with Gasteiger partial charge in [-0.25, -0.2) is 4.68 Å². The minimum absolute atomic E-state index is 0.0147. The van der Waals surface area contributed by atoms with E-state index in [1.54, 1.807) is 30.3 Å². The van der Waals surface area contributed by atoms with Crippen LogP contribution < -0.4 is 5.32 Å². The lowest BCUT2D eigenvalue weighted by Gasteiger charge is -2.15. The fourth-order valence-electron chi connectivity index (χ4n) is 3.46. The van der Waals surface area contributed by atoms with Crippen LogP contribution in [0.25, 0.3) is 16.9 Å². The van der Waals surface area contributed by atoms with Gasteiger partial charge in [0.15, 0.2) is 5.69 Å². The minimum Gasteiger partial charge on any atom is -0.469 e. The molecule has 4 rings (SSSR count). The van der Waals surface area contributed by atoms with Crippen molar-refractivity contribution >= 4 is 5.91 Å². The van der Waals surface area contributed by atoms with Gasteiger partial charge in [0, 0.05) is 29.2 Å². The van der Waals surface area contributed by atoms with Crippen LogP contribution in [-0.4, -0.2) is 21.7 Å². The zero-order valence-corrected chi connectivity index (χ0v) is 15.3. The number of fused-ring (bicyclic) bond motifs is 3. The summed E-state index contributed by atoms with van der Waals surface area (Å²) in [6.45, 7) is 3.70. The summed E-state index contributed by atoms with van der Waals surface area (Å²) in [4.78, 5) is 12.1. The summed E-state index contributed by atoms with van der Waals surface area (Å²) >= 11 is 0. The Morgan fingerprint density at radius 3 is 2.54 bits per heavy atom. The molecule has 0 spiro atoms. The van der Waals surface area contributed by atoms with Gasteiger partial charge in [-0.15, -0.1) is 0 Å². The Morgan fingerprint density at radius 1 is 1.18 bits per heavy atom. The number of aryl methyl sites for hydroxylation is 1. The number of hydrogen-bond donors (Lipinski definition) is 1. The fraction of sp³-hybridized carbons (Fsp3) is 0.300. The van der Waals surface area contributed by atoms with Crippen LogP contribution in [0, 0.1) is 0 Å². The van der Waals surface area contributed by atoms with Crippen molar-refractivity contribution < 1.29 is 22.4 Å². The molecule has 2 heterocycles. The van der Waals surface area contributed by atoms with Crippen LogP contribution in [0.15, 0.2) is 41.0 Å². The van der Waals surface area contributed by atoms with Crippen molar-refractivity contribution in [1.82, 2.24) is 15.1 Å². The van der Waals surface area contributed by atoms with E-state index < -0.39 is 11.9 Å². The molecule has 1 amide bonds. The maximum absolute atomic E-state index is 13.5. The zero-order chi connectivity index (χ0) is 20.1. The number of amides is 1. The van der Waals surface area contributed by atoms with E-state index in [2.05, 4.69) is 10.4 Å². The second kappa shape index (κ2) is 6.54. The summed E-state index contributed by atoms with van der Waals surface area (Å²) in [5, 5.41) is 6.66. The van der Waals surface area contributed by atoms with Crippen molar-refractivity contribution in [2.75, 3.05) is 0 Å². The van der Waals surface area contributed by atoms with Crippen LogP contribution in [0.4, 0.5) is 13.2 Å². The Hall–Kier alpha value is -3.03. The van der Waals surface area contributed by atoms with Crippen LogP contribution in [0.5, 0.6) is 0 Å². The van der Waals surface area contributed by atoms with E-state index in [0.29, 0.717) is 34.7 Å². The SMILES string of the molecule is CC(C)NC(=O)c1ccc(-n2nc(C(F)(F)F)c3c2-c2ccoc2CC3)cc1. The molecular formula is C20H18F3N3O2. The molecule has 0 atom stereocenters. The molecule has 0 radical (unpaired) electrons. The van der Waals surface area contributed by atoms with E-state index in [4.69, 9.17) is 4.42 Å². The number of aromatic nitrogens is 2. The zero-order valence-electron chi connectivity index (χ0n) is 15.3. The predicted molar refractivity (Wildman–Crippen MR) is 96.3 cm³/mol. The van der Waals surface area contributed by atoms with Crippen LogP contribution in [0.3, 0.4) is 0 Å². The Balaban J connectivity index is 1.81. The first-order valence-electron chi connectivity index (χ1n) is 8.93. The number of halogens is 3. The Kier molecular flexibility index (Phi) is 4.28. The van der Waals surface area contributed by atoms with Gasteiger partial charge in [0.05, 0.1) is 17.6 Å². The summed E-state index contributed by atoms with van der Waals surface area (Å²) in [7, 11) is 0. The first kappa shape index (κ1) is 18.3. The van der Waals surface area contributed by atoms with Crippen molar-refractivity contribution in [1.29, 1.82) is 0 Å². The Morgan fingerprint density at radius 2 is 1.89 bits per heavy atom. The minimum atomic E-state index is -4.55. The highest BCUT2D eigenvalue weighted by atomic mass is 19.4. The van der Waals surface area contributed by atoms with Crippen LogP contribution >= 0.6 is 0 Å². The molecule has 0 bridgehead atoms. The number of carbonyl (C=O) groups excluding carboxylic acids is 1. The van der Waals surface area contributed by atoms with Gasteiger partial charge in [-0.2, -0.15) is 18.3 Å². The number of nitrogens with one attached hydrogen (secondary N) is 1. The van der Waals surface area contributed by atoms with E-state index in [0.717, 1.165) is 0 Å². The largest absolute Gasteiger partial charge is 0.469 e. The predicted octanol–water partition coefficient (Wildman–Crippen LogP) is 4.39. The van der Waals surface area contributed by atoms with Crippen molar-refractivity contribution in [3.63, 3.8) is 0 Å². The maximum Gasteiger partial charge on any atom is 0.435 e. The topological polar surface area (TPSA) is 60.1 Å². The first-order chi connectivity index (χ1) is 13.3. The molecule has 1 aromatic carbocycles. The second-order valence-electron chi connectivity index (χ2n) is 7.02. The second-order valence-corrected chi connectivity index (χ2v) is 7.02. The summed E-state index contributed by atoms with van der Waals surface area (Å²) in [6, 6.07) is 7.99. The van der Waals surface area contributed by atoms with Crippen LogP contribution in [0.2, 0.25) is 0 Å². The number of benzene rings is 1. The lowest BCUT2D eigenvalue weighted by Crippen LogP contribution is -2.30. The molecular weight excluding hydrogens is 371 g/mol. The van der Waals surface area contributed by atoms with Crippen molar-refractivity contribution in [2.24, 2.45) is 0 Å². The molecule has 0 saturated heterocycles. The number of nitrogens with zero attached hydrogens (tertiary/aromatic N) is 2. The molecule has 0 aliphatic heterocycles. The number of hydrogen-bond acceptors (Lipinski definition) is 3. The van der Waals surface area contributed by atoms with Gasteiger partial charge in [-0.1, -0.05) is 0 Å². The quantitative estimate of drug-likeness (QED) is 0.723. The van der Waals surface area contributed by atoms with Gasteiger partial charge in [-0.05, 0) is 50.6 Å². The summed E-state index contributed by atoms with van der Waals surface area (Å²) in [5.41, 5.74) is 1.17. The third-order valence-corrected chi connectivity index (χ3v) is 4.65. The van der Waals surface area contributed by atoms with Crippen LogP contribution in [0.1, 0.15) is 41.2 Å². The Bertz CT molecular complexity index is 1030. The summed E-state index contributed by atoms with van der Waals surface area (Å²) in [5.74, 6) is 0.410. The molecule has 0 saturated carbocycles. The Labute approximate surface area is 159 Å². The number of carbonyl (C=O) groups is 1. The third kappa shape index (κ3) is 3.08. The normalized spacial score (nSPS) is 13.4. The van der Waals surface area contributed by atoms with E-state index in [-0.39, 0.29) is 23.9 Å². The molecule has 1 N–H and O–H groups in total. The lowest BCUT2D eigenvalue weighted by atomic mass is 9.94. The summed E-state index contributed by atoms with van der Waals surface area (Å²) in [6.07, 6.45) is -2.46. The van der Waals surface area contributed by atoms with Crippen molar-refractivity contribution in [3.8, 4) is 16.9 Å². The molecule has 1 aliphatic carbocycles. The van der Waals surface area contributed by atoms with E-state index in [1.165, 1.54) is 10.9 Å². The molecule has 0 fully saturated rings. The van der Waals surface area contributed by atoms with Gasteiger partial charge >= 0.3 is 6.18 Å². The molecule has 5 nitrogen and oxygen atoms in total. The van der Waals surface area contributed by atoms with E-state index in [1.807, 2.05) is 13.8 Å². The first-order valence-corrected chi connectivity index (χ1v) is 8.93. The molecule has 0 unspecified atom stereocenters. The smallest absolute Gasteiger partial charge is 0.435 e. The third-order valence-electron chi connectivity index (χ3n) is 4.65. The van der Waals surface area contributed by atoms with Crippen molar-refractivity contribution in [3.05, 3.63) is 59.2 Å². The average molecular weight is 389 g/mol. The number of rotatable bonds is 3.